The molecule has 5 atom stereocenters. The molecule has 9 heteroatoms. The van der Waals surface area contributed by atoms with E-state index in [0.29, 0.717) is 25.6 Å². The number of thioether (sulfide) groups is 1. The molecule has 0 radical (unpaired) electrons. The lowest BCUT2D eigenvalue weighted by Gasteiger charge is -2.20. The predicted molar refractivity (Wildman–Crippen MR) is 137 cm³/mol. The van der Waals surface area contributed by atoms with Gasteiger partial charge >= 0.3 is 0 Å². The van der Waals surface area contributed by atoms with E-state index in [9.17, 15) is 9.59 Å². The molecule has 0 aromatic heterocycles. The number of nitrogens with one attached hydrogen (secondary N) is 2. The van der Waals surface area contributed by atoms with Crippen molar-refractivity contribution in [2.24, 2.45) is 28.7 Å². The minimum Gasteiger partial charge on any atom is -0.355 e. The van der Waals surface area contributed by atoms with Crippen LogP contribution in [0.5, 0.6) is 0 Å². The highest BCUT2D eigenvalue weighted by Gasteiger charge is 2.58. The van der Waals surface area contributed by atoms with Gasteiger partial charge in [-0.05, 0) is 42.2 Å². The van der Waals surface area contributed by atoms with Crippen molar-refractivity contribution in [3.63, 3.8) is 0 Å². The molecule has 2 fully saturated rings. The summed E-state index contributed by atoms with van der Waals surface area (Å²) >= 11 is 7.86. The fourth-order valence-electron chi connectivity index (χ4n) is 4.92. The first-order valence-electron chi connectivity index (χ1n) is 10.3. The molecule has 2 bridgehead atoms. The second-order valence-electron chi connectivity index (χ2n) is 7.99. The summed E-state index contributed by atoms with van der Waals surface area (Å²) in [7, 11) is 1.71. The Bertz CT molecular complexity index is 866. The van der Waals surface area contributed by atoms with Crippen LogP contribution in [0.4, 0.5) is 0 Å². The van der Waals surface area contributed by atoms with Gasteiger partial charge in [-0.15, -0.1) is 24.0 Å². The first-order valence-corrected chi connectivity index (χ1v) is 12.0. The number of fused-ring (bicyclic) bond motifs is 5. The van der Waals surface area contributed by atoms with Crippen LogP contribution in [0.1, 0.15) is 17.2 Å². The van der Waals surface area contributed by atoms with Crippen molar-refractivity contribution >= 4 is 65.1 Å². The lowest BCUT2D eigenvalue weighted by molar-refractivity contribution is -0.140. The second-order valence-corrected chi connectivity index (χ2v) is 9.46. The molecule has 1 saturated carbocycles. The highest BCUT2D eigenvalue weighted by molar-refractivity contribution is 14.0. The molecule has 2 amide bonds. The maximum Gasteiger partial charge on any atom is 0.233 e. The summed E-state index contributed by atoms with van der Waals surface area (Å²) in [6.45, 7) is 1.52. The monoisotopic (exact) mass is 574 g/mol. The molecule has 2 N–H and O–H groups in total. The van der Waals surface area contributed by atoms with Crippen molar-refractivity contribution in [3.8, 4) is 0 Å². The van der Waals surface area contributed by atoms with E-state index >= 15 is 0 Å². The molecule has 0 spiro atoms. The molecule has 1 aromatic rings. The number of guanidine groups is 1. The average Bonchev–Trinajstić information content (AvgIpc) is 3.42. The molecule has 5 unspecified atom stereocenters. The van der Waals surface area contributed by atoms with Gasteiger partial charge < -0.3 is 10.6 Å². The zero-order chi connectivity index (χ0) is 21.3. The van der Waals surface area contributed by atoms with Gasteiger partial charge in [-0.25, -0.2) is 0 Å². The average molecular weight is 575 g/mol. The summed E-state index contributed by atoms with van der Waals surface area (Å²) in [5.74, 6) is 0.870. The predicted octanol–water partition coefficient (Wildman–Crippen LogP) is 3.33. The third kappa shape index (κ3) is 4.90. The quantitative estimate of drug-likeness (QED) is 0.172. The van der Waals surface area contributed by atoms with Crippen molar-refractivity contribution in [1.82, 2.24) is 15.5 Å². The summed E-state index contributed by atoms with van der Waals surface area (Å²) < 4.78 is 0. The number of allylic oxidation sites excluding steroid dienone is 2. The van der Waals surface area contributed by atoms with Crippen LogP contribution in [-0.2, 0) is 9.59 Å². The van der Waals surface area contributed by atoms with Crippen LogP contribution in [0.2, 0.25) is 5.02 Å². The van der Waals surface area contributed by atoms with Crippen LogP contribution in [-0.4, -0.2) is 55.6 Å². The van der Waals surface area contributed by atoms with Gasteiger partial charge in [0, 0.05) is 37.0 Å². The number of nitrogens with zero attached hydrogens (tertiary/aromatic N) is 2. The number of hydrogen-bond acceptors (Lipinski definition) is 4. The van der Waals surface area contributed by atoms with Gasteiger partial charge in [0.1, 0.15) is 0 Å². The van der Waals surface area contributed by atoms with Gasteiger partial charge in [-0.2, -0.15) is 11.8 Å². The summed E-state index contributed by atoms with van der Waals surface area (Å²) in [6, 6.07) is 7.86. The van der Waals surface area contributed by atoms with E-state index < -0.39 is 0 Å². The molecule has 2 aliphatic carbocycles. The Labute approximate surface area is 209 Å². The van der Waals surface area contributed by atoms with Crippen LogP contribution >= 0.6 is 47.3 Å². The summed E-state index contributed by atoms with van der Waals surface area (Å²) in [5, 5.41) is 7.50. The van der Waals surface area contributed by atoms with E-state index in [2.05, 4.69) is 40.1 Å². The number of rotatable bonds is 7. The molecular weight excluding hydrogens is 547 g/mol. The van der Waals surface area contributed by atoms with E-state index in [1.54, 1.807) is 18.8 Å². The maximum atomic E-state index is 12.8. The molecular formula is C22H28ClIN4O2S. The van der Waals surface area contributed by atoms with Crippen LogP contribution in [0.3, 0.4) is 0 Å². The smallest absolute Gasteiger partial charge is 0.233 e. The van der Waals surface area contributed by atoms with E-state index in [1.165, 1.54) is 4.90 Å². The van der Waals surface area contributed by atoms with E-state index in [-0.39, 0.29) is 64.7 Å². The van der Waals surface area contributed by atoms with Crippen LogP contribution in [0.15, 0.2) is 41.4 Å². The fourth-order valence-corrected chi connectivity index (χ4v) is 5.79. The van der Waals surface area contributed by atoms with Gasteiger partial charge in [-0.3, -0.25) is 19.5 Å². The first-order chi connectivity index (χ1) is 14.5. The number of amides is 2. The van der Waals surface area contributed by atoms with Crippen molar-refractivity contribution in [1.29, 1.82) is 0 Å². The van der Waals surface area contributed by atoms with Gasteiger partial charge in [0.05, 0.1) is 11.8 Å². The number of likely N-dealkylation sites (tertiary alicyclic amines) is 1. The van der Waals surface area contributed by atoms with Gasteiger partial charge in [0.2, 0.25) is 11.8 Å². The molecule has 4 rings (SSSR count). The molecule has 168 valence electrons. The lowest BCUT2D eigenvalue weighted by atomic mass is 9.85. The normalized spacial score (nSPS) is 27.3. The Hall–Kier alpha value is -1.26. The Morgan fingerprint density at radius 2 is 1.90 bits per heavy atom. The van der Waals surface area contributed by atoms with Crippen molar-refractivity contribution in [3.05, 3.63) is 47.0 Å². The minimum absolute atomic E-state index is 0. The molecule has 1 aliphatic heterocycles. The fraction of sp³-hybridized carbons (Fsp3) is 0.500. The van der Waals surface area contributed by atoms with Crippen molar-refractivity contribution in [2.45, 2.75) is 11.7 Å². The second kappa shape index (κ2) is 10.6. The highest BCUT2D eigenvalue weighted by atomic mass is 127. The Balaban J connectivity index is 0.00000272. The lowest BCUT2D eigenvalue weighted by Crippen LogP contribution is -2.44. The van der Waals surface area contributed by atoms with Gasteiger partial charge in [0.15, 0.2) is 5.96 Å². The van der Waals surface area contributed by atoms with Gasteiger partial charge in [0.25, 0.3) is 0 Å². The summed E-state index contributed by atoms with van der Waals surface area (Å²) in [5.41, 5.74) is 1.15. The topological polar surface area (TPSA) is 73.8 Å². The Kier molecular flexibility index (Phi) is 8.31. The number of imide groups is 1. The number of carbonyl (C=O) groups excluding carboxylic acids is 2. The molecule has 31 heavy (non-hydrogen) atoms. The third-order valence-electron chi connectivity index (χ3n) is 6.37. The maximum absolute atomic E-state index is 12.8. The molecule has 1 aromatic carbocycles. The Morgan fingerprint density at radius 1 is 1.23 bits per heavy atom. The number of benzene rings is 1. The number of carbonyl (C=O) groups is 2. The van der Waals surface area contributed by atoms with Crippen LogP contribution in [0.25, 0.3) is 0 Å². The van der Waals surface area contributed by atoms with Gasteiger partial charge in [-0.1, -0.05) is 35.9 Å². The molecule has 6 nitrogen and oxygen atoms in total. The largest absolute Gasteiger partial charge is 0.355 e. The van der Waals surface area contributed by atoms with Crippen molar-refractivity contribution in [2.75, 3.05) is 32.9 Å². The van der Waals surface area contributed by atoms with E-state index in [0.717, 1.165) is 17.0 Å². The Morgan fingerprint density at radius 3 is 2.48 bits per heavy atom. The van der Waals surface area contributed by atoms with Crippen LogP contribution < -0.4 is 10.6 Å². The third-order valence-corrected chi connectivity index (χ3v) is 7.62. The molecule has 3 aliphatic rings. The van der Waals surface area contributed by atoms with Crippen LogP contribution in [0, 0.1) is 23.7 Å². The van der Waals surface area contributed by atoms with Crippen molar-refractivity contribution < 1.29 is 9.59 Å². The number of hydrogen-bond donors (Lipinski definition) is 2. The summed E-state index contributed by atoms with van der Waals surface area (Å²) in [4.78, 5) is 31.2. The number of halogens is 2. The standard InChI is InChI=1S/C22H27ClN4O2S.HI/c1-24-22(26-12-17(30-2)13-4-3-5-16(23)11-13)25-8-9-27-20(28)18-14-6-7-15(10-14)19(18)21(27)29;/h3-7,11,14-15,17-19H,8-10,12H2,1-2H3,(H2,24,25,26);1H. The van der Waals surface area contributed by atoms with E-state index in [4.69, 9.17) is 11.6 Å². The first kappa shape index (κ1) is 24.4. The molecule has 1 saturated heterocycles. The SMILES string of the molecule is CN=C(NCCN1C(=O)C2C3C=CC(C3)C2C1=O)NCC(SC)c1cccc(Cl)c1.I. The zero-order valence-corrected chi connectivity index (χ0v) is 21.5. The molecule has 1 heterocycles. The zero-order valence-electron chi connectivity index (χ0n) is 17.6. The van der Waals surface area contributed by atoms with E-state index in [1.807, 2.05) is 18.2 Å². The summed E-state index contributed by atoms with van der Waals surface area (Å²) in [6.07, 6.45) is 7.25. The minimum atomic E-state index is -0.134. The number of aliphatic imine (C=N–C) groups is 1. The highest BCUT2D eigenvalue weighted by Crippen LogP contribution is 2.52.